The van der Waals surface area contributed by atoms with Crippen LogP contribution in [0.1, 0.15) is 23.7 Å². The Kier molecular flexibility index (Phi) is 3.68. The zero-order valence-electron chi connectivity index (χ0n) is 9.60. The first kappa shape index (κ1) is 13.8. The van der Waals surface area contributed by atoms with E-state index in [2.05, 4.69) is 5.32 Å². The van der Waals surface area contributed by atoms with Gasteiger partial charge in [0, 0.05) is 22.7 Å². The van der Waals surface area contributed by atoms with Gasteiger partial charge in [0.25, 0.3) is 15.0 Å². The van der Waals surface area contributed by atoms with Gasteiger partial charge in [-0.1, -0.05) is 0 Å². The quantitative estimate of drug-likeness (QED) is 0.861. The maximum atomic E-state index is 11.9. The second-order valence-electron chi connectivity index (χ2n) is 4.41. The van der Waals surface area contributed by atoms with Crippen molar-refractivity contribution in [3.05, 3.63) is 17.0 Å². The van der Waals surface area contributed by atoms with E-state index in [4.69, 9.17) is 15.4 Å². The van der Waals surface area contributed by atoms with Gasteiger partial charge in [-0.25, -0.2) is 8.42 Å². The molecule has 1 N–H and O–H groups in total. The topological polar surface area (TPSA) is 72.5 Å². The summed E-state index contributed by atoms with van der Waals surface area (Å²) in [6, 6.07) is 1.28. The zero-order chi connectivity index (χ0) is 13.4. The highest BCUT2D eigenvalue weighted by Crippen LogP contribution is 2.25. The Morgan fingerprint density at radius 1 is 1.61 bits per heavy atom. The molecule has 1 atom stereocenters. The van der Waals surface area contributed by atoms with Crippen molar-refractivity contribution in [3.63, 3.8) is 0 Å². The van der Waals surface area contributed by atoms with Gasteiger partial charge in [-0.05, 0) is 19.4 Å². The number of amides is 1. The third kappa shape index (κ3) is 3.03. The van der Waals surface area contributed by atoms with Gasteiger partial charge < -0.3 is 10.1 Å². The van der Waals surface area contributed by atoms with Crippen LogP contribution in [-0.2, 0) is 13.8 Å². The number of rotatable bonds is 3. The lowest BCUT2D eigenvalue weighted by Gasteiger charge is -2.23. The Bertz CT molecular complexity index is 560. The molecule has 5 nitrogen and oxygen atoms in total. The van der Waals surface area contributed by atoms with E-state index in [1.165, 1.54) is 11.4 Å². The first-order chi connectivity index (χ1) is 8.30. The van der Waals surface area contributed by atoms with Crippen LogP contribution in [0.5, 0.6) is 0 Å². The summed E-state index contributed by atoms with van der Waals surface area (Å²) in [4.78, 5) is 11.9. The first-order valence-corrected chi connectivity index (χ1v) is 8.43. The molecule has 0 bridgehead atoms. The summed E-state index contributed by atoms with van der Waals surface area (Å²) in [6.07, 6.45) is 0.740. The van der Waals surface area contributed by atoms with Gasteiger partial charge in [0.05, 0.1) is 17.7 Å². The van der Waals surface area contributed by atoms with E-state index >= 15 is 0 Å². The van der Waals surface area contributed by atoms with Gasteiger partial charge in [-0.3, -0.25) is 4.79 Å². The first-order valence-electron chi connectivity index (χ1n) is 5.24. The fraction of sp³-hybridized carbons (Fsp3) is 0.500. The lowest BCUT2D eigenvalue weighted by atomic mass is 10.0. The predicted octanol–water partition coefficient (Wildman–Crippen LogP) is 1.58. The number of carbonyl (C=O) groups excluding carboxylic acids is 1. The number of ether oxygens (including phenoxy) is 1. The van der Waals surface area contributed by atoms with Crippen molar-refractivity contribution in [2.45, 2.75) is 23.1 Å². The highest BCUT2D eigenvalue weighted by molar-refractivity contribution is 8.15. The van der Waals surface area contributed by atoms with Crippen LogP contribution in [0.15, 0.2) is 15.7 Å². The second kappa shape index (κ2) is 4.80. The molecule has 0 saturated carbocycles. The highest BCUT2D eigenvalue weighted by atomic mass is 35.7. The Balaban J connectivity index is 2.12. The van der Waals surface area contributed by atoms with Crippen molar-refractivity contribution in [1.29, 1.82) is 0 Å². The molecule has 18 heavy (non-hydrogen) atoms. The maximum Gasteiger partial charge on any atom is 0.270 e. The van der Waals surface area contributed by atoms with E-state index in [-0.39, 0.29) is 15.7 Å². The molecular formula is C10H12ClNO4S2. The van der Waals surface area contributed by atoms with Crippen LogP contribution in [0.3, 0.4) is 0 Å². The van der Waals surface area contributed by atoms with Crippen LogP contribution >= 0.6 is 22.0 Å². The SMILES string of the molecule is CC1(NC(=O)c2csc(S(=O)(=O)Cl)c2)CCOC1. The minimum Gasteiger partial charge on any atom is -0.379 e. The van der Waals surface area contributed by atoms with Crippen molar-refractivity contribution in [2.75, 3.05) is 13.2 Å². The van der Waals surface area contributed by atoms with E-state index in [0.717, 1.165) is 17.8 Å². The molecule has 0 aromatic carbocycles. The maximum absolute atomic E-state index is 11.9. The molecule has 8 heteroatoms. The second-order valence-corrected chi connectivity index (χ2v) is 8.11. The van der Waals surface area contributed by atoms with Crippen LogP contribution in [-0.4, -0.2) is 33.1 Å². The summed E-state index contributed by atoms with van der Waals surface area (Å²) in [5.74, 6) is -0.314. The van der Waals surface area contributed by atoms with E-state index in [1.54, 1.807) is 0 Å². The van der Waals surface area contributed by atoms with Gasteiger partial charge in [-0.15, -0.1) is 11.3 Å². The fourth-order valence-corrected chi connectivity index (χ4v) is 3.62. The molecule has 1 aromatic rings. The highest BCUT2D eigenvalue weighted by Gasteiger charge is 2.32. The predicted molar refractivity (Wildman–Crippen MR) is 68.7 cm³/mol. The van der Waals surface area contributed by atoms with Crippen molar-refractivity contribution >= 4 is 37.0 Å². The number of thiophene rings is 1. The smallest absolute Gasteiger partial charge is 0.270 e. The molecule has 1 aromatic heterocycles. The van der Waals surface area contributed by atoms with E-state index < -0.39 is 9.05 Å². The monoisotopic (exact) mass is 309 g/mol. The Morgan fingerprint density at radius 3 is 2.83 bits per heavy atom. The van der Waals surface area contributed by atoms with Crippen molar-refractivity contribution in [3.8, 4) is 0 Å². The Labute approximate surface area is 114 Å². The van der Waals surface area contributed by atoms with Crippen LogP contribution in [0, 0.1) is 0 Å². The van der Waals surface area contributed by atoms with Crippen molar-refractivity contribution < 1.29 is 17.9 Å². The summed E-state index contributed by atoms with van der Waals surface area (Å²) in [7, 11) is 1.43. The molecule has 0 spiro atoms. The fourth-order valence-electron chi connectivity index (χ4n) is 1.68. The van der Waals surface area contributed by atoms with Crippen LogP contribution in [0.2, 0.25) is 0 Å². The minimum atomic E-state index is -3.77. The Hall–Kier alpha value is -0.630. The molecule has 2 heterocycles. The van der Waals surface area contributed by atoms with Crippen LogP contribution in [0.4, 0.5) is 0 Å². The molecule has 1 amide bonds. The minimum absolute atomic E-state index is 0.0258. The molecule has 2 rings (SSSR count). The molecule has 1 aliphatic rings. The molecule has 1 aliphatic heterocycles. The summed E-state index contributed by atoms with van der Waals surface area (Å²) >= 11 is 0.930. The van der Waals surface area contributed by atoms with E-state index in [9.17, 15) is 13.2 Å². The standard InChI is InChI=1S/C10H12ClNO4S2/c1-10(2-3-16-6-10)12-9(13)7-4-8(17-5-7)18(11,14)15/h4-5H,2-3,6H2,1H3,(H,12,13). The largest absolute Gasteiger partial charge is 0.379 e. The number of halogens is 1. The van der Waals surface area contributed by atoms with Crippen LogP contribution < -0.4 is 5.32 Å². The van der Waals surface area contributed by atoms with Gasteiger partial charge in [0.2, 0.25) is 0 Å². The zero-order valence-corrected chi connectivity index (χ0v) is 12.0. The molecule has 100 valence electrons. The average Bonchev–Trinajstić information content (AvgIpc) is 2.84. The van der Waals surface area contributed by atoms with Gasteiger partial charge in [0.15, 0.2) is 0 Å². The van der Waals surface area contributed by atoms with Crippen molar-refractivity contribution in [1.82, 2.24) is 5.32 Å². The summed E-state index contributed by atoms with van der Waals surface area (Å²) in [5.41, 5.74) is -0.0914. The molecule has 1 fully saturated rings. The lowest BCUT2D eigenvalue weighted by Crippen LogP contribution is -2.46. The lowest BCUT2D eigenvalue weighted by molar-refractivity contribution is 0.0890. The summed E-state index contributed by atoms with van der Waals surface area (Å²) in [5, 5.41) is 4.32. The van der Waals surface area contributed by atoms with E-state index in [0.29, 0.717) is 18.8 Å². The molecule has 1 saturated heterocycles. The van der Waals surface area contributed by atoms with Gasteiger partial charge in [0.1, 0.15) is 4.21 Å². The van der Waals surface area contributed by atoms with Gasteiger partial charge >= 0.3 is 0 Å². The molecular weight excluding hydrogens is 298 g/mol. The third-order valence-corrected chi connectivity index (χ3v) is 5.75. The number of nitrogens with one attached hydrogen (secondary N) is 1. The third-order valence-electron chi connectivity index (χ3n) is 2.71. The number of hydrogen-bond acceptors (Lipinski definition) is 5. The summed E-state index contributed by atoms with van der Waals surface area (Å²) in [6.45, 7) is 2.97. The van der Waals surface area contributed by atoms with Crippen molar-refractivity contribution in [2.24, 2.45) is 0 Å². The van der Waals surface area contributed by atoms with Crippen LogP contribution in [0.25, 0.3) is 0 Å². The molecule has 0 aliphatic carbocycles. The normalized spacial score (nSPS) is 24.1. The average molecular weight is 310 g/mol. The van der Waals surface area contributed by atoms with Gasteiger partial charge in [-0.2, -0.15) is 0 Å². The summed E-state index contributed by atoms with van der Waals surface area (Å²) < 4.78 is 27.4. The number of carbonyl (C=O) groups is 1. The van der Waals surface area contributed by atoms with E-state index in [1.807, 2.05) is 6.92 Å². The number of hydrogen-bond donors (Lipinski definition) is 1. The molecule has 0 radical (unpaired) electrons. The Morgan fingerprint density at radius 2 is 2.33 bits per heavy atom. The molecule has 1 unspecified atom stereocenters.